The first kappa shape index (κ1) is 26.5. The first-order valence-electron chi connectivity index (χ1n) is 14.6. The van der Waals surface area contributed by atoms with Crippen molar-refractivity contribution in [3.8, 4) is 0 Å². The summed E-state index contributed by atoms with van der Waals surface area (Å²) in [4.78, 5) is 25.0. The fourth-order valence-corrected chi connectivity index (χ4v) is 10.2. The summed E-state index contributed by atoms with van der Waals surface area (Å²) in [6.45, 7) is 3.94. The second-order valence-corrected chi connectivity index (χ2v) is 13.6. The number of aldehydes is 1. The molecule has 2 saturated heterocycles. The van der Waals surface area contributed by atoms with Crippen LogP contribution < -0.4 is 0 Å². The van der Waals surface area contributed by atoms with Crippen molar-refractivity contribution in [2.45, 2.75) is 113 Å². The molecule has 0 radical (unpaired) electrons. The zero-order valence-electron chi connectivity index (χ0n) is 22.5. The van der Waals surface area contributed by atoms with Gasteiger partial charge in [0.1, 0.15) is 19.0 Å². The molecule has 0 unspecified atom stereocenters. The van der Waals surface area contributed by atoms with Gasteiger partial charge in [0, 0.05) is 23.3 Å². The molecule has 0 bridgehead atoms. The Morgan fingerprint density at radius 3 is 2.51 bits per heavy atom. The van der Waals surface area contributed by atoms with E-state index in [-0.39, 0.29) is 55.2 Å². The van der Waals surface area contributed by atoms with Crippen LogP contribution >= 0.6 is 0 Å². The molecule has 0 aromatic heterocycles. The smallest absolute Gasteiger partial charge is 0.331 e. The molecule has 3 heterocycles. The van der Waals surface area contributed by atoms with Gasteiger partial charge in [-0.3, -0.25) is 0 Å². The standard InChI is InChI=1S/C29H40O10/c1-14-7-23(32)29(35)25(37-14)38-20-9-16-3-4-18-19(27(16,13-30)11-21(20)39-29)10-22(31)26(2)17(5-6-28(18,26)34)15-8-24(33)36-12-15/h8,13-14,16-23,25,31-32,34-35H,3-7,9-12H2,1-2H3/t14-,16+,17-,18-,19+,20-,21-,22-,23+,25+,26+,27-,28+,29+/m1/s1. The van der Waals surface area contributed by atoms with Gasteiger partial charge in [-0.25, -0.2) is 4.79 Å². The molecule has 0 spiro atoms. The van der Waals surface area contributed by atoms with Gasteiger partial charge in [-0.2, -0.15) is 0 Å². The van der Waals surface area contributed by atoms with E-state index in [2.05, 4.69) is 0 Å². The van der Waals surface area contributed by atoms with E-state index in [1.165, 1.54) is 6.08 Å². The van der Waals surface area contributed by atoms with Gasteiger partial charge in [0.05, 0.1) is 30.0 Å². The molecule has 216 valence electrons. The summed E-state index contributed by atoms with van der Waals surface area (Å²) in [5.41, 5.74) is -2.11. The van der Waals surface area contributed by atoms with Gasteiger partial charge < -0.3 is 44.2 Å². The van der Waals surface area contributed by atoms with E-state index in [1.807, 2.05) is 13.8 Å². The normalized spacial score (nSPS) is 58.2. The summed E-state index contributed by atoms with van der Waals surface area (Å²) in [6.07, 6.45) is 1.95. The summed E-state index contributed by atoms with van der Waals surface area (Å²) >= 11 is 0. The second-order valence-electron chi connectivity index (χ2n) is 13.6. The maximum absolute atomic E-state index is 13.1. The highest BCUT2D eigenvalue weighted by Crippen LogP contribution is 2.70. The molecule has 0 amide bonds. The number of carbonyl (C=O) groups excluding carboxylic acids is 2. The van der Waals surface area contributed by atoms with Crippen LogP contribution in [0.2, 0.25) is 0 Å². The van der Waals surface area contributed by atoms with Crippen LogP contribution in [0.3, 0.4) is 0 Å². The van der Waals surface area contributed by atoms with E-state index in [9.17, 15) is 30.0 Å². The fraction of sp³-hybridized carbons (Fsp3) is 0.862. The Bertz CT molecular complexity index is 1090. The number of ether oxygens (including phenoxy) is 4. The van der Waals surface area contributed by atoms with Gasteiger partial charge in [0.15, 0.2) is 0 Å². The van der Waals surface area contributed by atoms with E-state index in [1.54, 1.807) is 0 Å². The number of cyclic esters (lactones) is 1. The topological polar surface area (TPSA) is 152 Å². The van der Waals surface area contributed by atoms with Gasteiger partial charge in [0.25, 0.3) is 0 Å². The molecule has 7 aliphatic rings. The zero-order chi connectivity index (χ0) is 27.5. The van der Waals surface area contributed by atoms with Crippen molar-refractivity contribution >= 4 is 12.3 Å². The lowest BCUT2D eigenvalue weighted by atomic mass is 9.42. The van der Waals surface area contributed by atoms with Crippen molar-refractivity contribution in [1.29, 1.82) is 0 Å². The van der Waals surface area contributed by atoms with Crippen LogP contribution in [-0.2, 0) is 28.5 Å². The molecule has 6 fully saturated rings. The summed E-state index contributed by atoms with van der Waals surface area (Å²) in [6, 6.07) is 0. The highest BCUT2D eigenvalue weighted by atomic mass is 16.8. The SMILES string of the molecule is C[C@@H]1C[C@H](O)[C@]2(O)O[C@@H]3C[C@@]4(C=O)[C@@H](CC[C@@H]5[C@@H]4C[C@@H](O)[C@]4(C)[C@@H](C6=CC(=O)OC6)CC[C@]54O)C[C@H]3O[C@@H]2O1. The number of rotatable bonds is 2. The molecule has 10 nitrogen and oxygen atoms in total. The largest absolute Gasteiger partial charge is 0.458 e. The molecule has 4 saturated carbocycles. The lowest BCUT2D eigenvalue weighted by Gasteiger charge is -2.65. The monoisotopic (exact) mass is 548 g/mol. The van der Waals surface area contributed by atoms with Crippen molar-refractivity contribution in [2.75, 3.05) is 6.61 Å². The van der Waals surface area contributed by atoms with Crippen LogP contribution in [0.25, 0.3) is 0 Å². The number of hydrogen-bond acceptors (Lipinski definition) is 10. The average Bonchev–Trinajstić information content (AvgIpc) is 3.44. The molecule has 4 aliphatic carbocycles. The van der Waals surface area contributed by atoms with Crippen molar-refractivity contribution in [2.24, 2.45) is 34.5 Å². The lowest BCUT2D eigenvalue weighted by molar-refractivity contribution is -0.457. The quantitative estimate of drug-likeness (QED) is 0.223. The Kier molecular flexibility index (Phi) is 5.82. The number of aliphatic hydroxyl groups excluding tert-OH is 2. The maximum atomic E-state index is 13.1. The van der Waals surface area contributed by atoms with Crippen molar-refractivity contribution in [3.05, 3.63) is 11.6 Å². The van der Waals surface area contributed by atoms with Crippen molar-refractivity contribution < 1.29 is 49.0 Å². The van der Waals surface area contributed by atoms with Gasteiger partial charge in [-0.1, -0.05) is 6.92 Å². The Morgan fingerprint density at radius 2 is 1.79 bits per heavy atom. The van der Waals surface area contributed by atoms with E-state index < -0.39 is 52.9 Å². The van der Waals surface area contributed by atoms with Gasteiger partial charge in [0.2, 0.25) is 12.1 Å². The molecule has 14 atom stereocenters. The molecular weight excluding hydrogens is 508 g/mol. The maximum Gasteiger partial charge on any atom is 0.331 e. The third-order valence-corrected chi connectivity index (χ3v) is 12.2. The van der Waals surface area contributed by atoms with E-state index in [4.69, 9.17) is 18.9 Å². The molecule has 10 heteroatoms. The third kappa shape index (κ3) is 3.34. The number of aliphatic hydroxyl groups is 4. The van der Waals surface area contributed by atoms with E-state index in [0.717, 1.165) is 24.7 Å². The minimum atomic E-state index is -2.02. The Hall–Kier alpha value is -1.40. The van der Waals surface area contributed by atoms with E-state index in [0.29, 0.717) is 25.7 Å². The zero-order valence-corrected chi connectivity index (χ0v) is 22.5. The third-order valence-electron chi connectivity index (χ3n) is 12.2. The van der Waals surface area contributed by atoms with Crippen LogP contribution in [0.5, 0.6) is 0 Å². The molecular formula is C29H40O10. The molecule has 0 aromatic carbocycles. The summed E-state index contributed by atoms with van der Waals surface area (Å²) in [5, 5.41) is 46.2. The molecule has 4 N–H and O–H groups in total. The Labute approximate surface area is 227 Å². The summed E-state index contributed by atoms with van der Waals surface area (Å²) < 4.78 is 23.4. The number of carbonyl (C=O) groups is 2. The molecule has 7 rings (SSSR count). The number of esters is 1. The Balaban J connectivity index is 1.21. The minimum absolute atomic E-state index is 0.0286. The van der Waals surface area contributed by atoms with Crippen molar-refractivity contribution in [3.63, 3.8) is 0 Å². The predicted octanol–water partition coefficient (Wildman–Crippen LogP) is 0.971. The van der Waals surface area contributed by atoms with Crippen molar-refractivity contribution in [1.82, 2.24) is 0 Å². The average molecular weight is 549 g/mol. The van der Waals surface area contributed by atoms with Gasteiger partial charge in [-0.15, -0.1) is 0 Å². The van der Waals surface area contributed by atoms with E-state index >= 15 is 0 Å². The fourth-order valence-electron chi connectivity index (χ4n) is 10.2. The highest BCUT2D eigenvalue weighted by Gasteiger charge is 2.73. The molecule has 0 aromatic rings. The summed E-state index contributed by atoms with van der Waals surface area (Å²) in [7, 11) is 0. The second kappa shape index (κ2) is 8.56. The van der Waals surface area contributed by atoms with Crippen LogP contribution in [0, 0.1) is 34.5 Å². The Morgan fingerprint density at radius 1 is 1.00 bits per heavy atom. The van der Waals surface area contributed by atoms with Crippen LogP contribution in [0.4, 0.5) is 0 Å². The minimum Gasteiger partial charge on any atom is -0.458 e. The number of fused-ring (bicyclic) bond motifs is 7. The lowest BCUT2D eigenvalue weighted by Crippen LogP contribution is -2.72. The van der Waals surface area contributed by atoms with Crippen LogP contribution in [-0.4, -0.2) is 87.5 Å². The first-order valence-corrected chi connectivity index (χ1v) is 14.6. The van der Waals surface area contributed by atoms with Gasteiger partial charge >= 0.3 is 5.97 Å². The predicted molar refractivity (Wildman–Crippen MR) is 133 cm³/mol. The van der Waals surface area contributed by atoms with Crippen LogP contribution in [0.15, 0.2) is 11.6 Å². The summed E-state index contributed by atoms with van der Waals surface area (Å²) in [5.74, 6) is -3.10. The van der Waals surface area contributed by atoms with Crippen LogP contribution in [0.1, 0.15) is 65.2 Å². The van der Waals surface area contributed by atoms with Gasteiger partial charge in [-0.05, 0) is 81.1 Å². The molecule has 39 heavy (non-hydrogen) atoms. The highest BCUT2D eigenvalue weighted by molar-refractivity contribution is 5.85. The first-order chi connectivity index (χ1) is 18.5. The molecule has 3 aliphatic heterocycles. The number of hydrogen-bond donors (Lipinski definition) is 4.